The van der Waals surface area contributed by atoms with Gasteiger partial charge in [-0.05, 0) is 31.9 Å². The predicted molar refractivity (Wildman–Crippen MR) is 71.0 cm³/mol. The molecule has 3 heteroatoms. The quantitative estimate of drug-likeness (QED) is 0.600. The fraction of sp³-hybridized carbons (Fsp3) is 0.333. The molecular formula is C15H16N2O. The molecule has 3 nitrogen and oxygen atoms in total. The molecule has 92 valence electrons. The Morgan fingerprint density at radius 2 is 1.83 bits per heavy atom. The normalized spacial score (nSPS) is 9.39. The van der Waals surface area contributed by atoms with Crippen LogP contribution in [0, 0.1) is 44.4 Å². The average molecular weight is 240 g/mol. The molecule has 1 amide bonds. The van der Waals surface area contributed by atoms with E-state index in [1.807, 2.05) is 39.0 Å². The summed E-state index contributed by atoms with van der Waals surface area (Å²) >= 11 is 0. The molecule has 0 fully saturated rings. The summed E-state index contributed by atoms with van der Waals surface area (Å²) in [6.07, 6.45) is 5.22. The molecular weight excluding hydrogens is 224 g/mol. The molecule has 0 atom stereocenters. The second-order valence-electron chi connectivity index (χ2n) is 4.30. The van der Waals surface area contributed by atoms with Crippen molar-refractivity contribution in [2.45, 2.75) is 20.8 Å². The molecule has 0 aliphatic rings. The van der Waals surface area contributed by atoms with Gasteiger partial charge in [-0.15, -0.1) is 6.42 Å². The zero-order valence-electron chi connectivity index (χ0n) is 10.9. The Balaban J connectivity index is 3.18. The number of rotatable bonds is 3. The number of carbonyl (C=O) groups is 1. The van der Waals surface area contributed by atoms with Gasteiger partial charge in [-0.1, -0.05) is 23.6 Å². The first kappa shape index (κ1) is 13.8. The maximum absolute atomic E-state index is 12.4. The van der Waals surface area contributed by atoms with Crippen molar-refractivity contribution in [1.29, 1.82) is 5.26 Å². The van der Waals surface area contributed by atoms with Crippen LogP contribution in [-0.4, -0.2) is 23.9 Å². The van der Waals surface area contributed by atoms with Gasteiger partial charge < -0.3 is 4.90 Å². The fourth-order valence-electron chi connectivity index (χ4n) is 2.07. The Morgan fingerprint density at radius 3 is 2.28 bits per heavy atom. The highest BCUT2D eigenvalue weighted by Gasteiger charge is 2.18. The summed E-state index contributed by atoms with van der Waals surface area (Å²) in [6, 6.07) is 5.88. The van der Waals surface area contributed by atoms with Gasteiger partial charge in [0.2, 0.25) is 0 Å². The number of hydrogen-bond acceptors (Lipinski definition) is 2. The van der Waals surface area contributed by atoms with Gasteiger partial charge in [0.15, 0.2) is 0 Å². The third-order valence-corrected chi connectivity index (χ3v) is 2.72. The lowest BCUT2D eigenvalue weighted by Crippen LogP contribution is -2.32. The van der Waals surface area contributed by atoms with Gasteiger partial charge >= 0.3 is 0 Å². The highest BCUT2D eigenvalue weighted by Crippen LogP contribution is 2.18. The highest BCUT2D eigenvalue weighted by molar-refractivity contribution is 5.97. The van der Waals surface area contributed by atoms with E-state index in [0.29, 0.717) is 5.56 Å². The molecule has 1 aromatic rings. The zero-order chi connectivity index (χ0) is 13.7. The first-order chi connectivity index (χ1) is 8.51. The largest absolute Gasteiger partial charge is 0.314 e. The van der Waals surface area contributed by atoms with E-state index < -0.39 is 0 Å². The maximum atomic E-state index is 12.4. The third-order valence-electron chi connectivity index (χ3n) is 2.72. The van der Waals surface area contributed by atoms with Crippen LogP contribution in [0.3, 0.4) is 0 Å². The summed E-state index contributed by atoms with van der Waals surface area (Å²) in [5.41, 5.74) is 3.59. The Labute approximate surface area is 108 Å². The maximum Gasteiger partial charge on any atom is 0.256 e. The molecule has 0 aliphatic heterocycles. The van der Waals surface area contributed by atoms with E-state index in [0.717, 1.165) is 16.7 Å². The summed E-state index contributed by atoms with van der Waals surface area (Å²) in [5, 5.41) is 8.73. The predicted octanol–water partition coefficient (Wildman–Crippen LogP) is 2.21. The molecule has 1 aromatic carbocycles. The molecule has 0 heterocycles. The number of carbonyl (C=O) groups excluding carboxylic acids is 1. The van der Waals surface area contributed by atoms with Crippen molar-refractivity contribution >= 4 is 5.91 Å². The molecule has 0 radical (unpaired) electrons. The van der Waals surface area contributed by atoms with Crippen molar-refractivity contribution in [3.63, 3.8) is 0 Å². The van der Waals surface area contributed by atoms with Crippen LogP contribution in [-0.2, 0) is 0 Å². The molecule has 0 saturated heterocycles. The Kier molecular flexibility index (Phi) is 4.52. The highest BCUT2D eigenvalue weighted by atomic mass is 16.2. The second kappa shape index (κ2) is 5.89. The summed E-state index contributed by atoms with van der Waals surface area (Å²) in [5.74, 6) is 2.23. The minimum absolute atomic E-state index is 0.00971. The molecule has 18 heavy (non-hydrogen) atoms. The lowest BCUT2D eigenvalue weighted by atomic mass is 9.99. The van der Waals surface area contributed by atoms with Crippen LogP contribution < -0.4 is 0 Å². The minimum atomic E-state index is -0.176. The van der Waals surface area contributed by atoms with Crippen LogP contribution >= 0.6 is 0 Å². The van der Waals surface area contributed by atoms with Gasteiger partial charge in [-0.3, -0.25) is 4.79 Å². The molecule has 0 bridgehead atoms. The number of hydrogen-bond donors (Lipinski definition) is 0. The van der Waals surface area contributed by atoms with Crippen LogP contribution in [0.4, 0.5) is 0 Å². The molecule has 0 unspecified atom stereocenters. The fourth-order valence-corrected chi connectivity index (χ4v) is 2.07. The number of nitriles is 1. The van der Waals surface area contributed by atoms with E-state index >= 15 is 0 Å². The first-order valence-corrected chi connectivity index (χ1v) is 5.68. The smallest absolute Gasteiger partial charge is 0.256 e. The monoisotopic (exact) mass is 240 g/mol. The second-order valence-corrected chi connectivity index (χ2v) is 4.30. The van der Waals surface area contributed by atoms with Crippen LogP contribution in [0.5, 0.6) is 0 Å². The molecule has 0 spiro atoms. The van der Waals surface area contributed by atoms with Gasteiger partial charge in [0.1, 0.15) is 6.54 Å². The SMILES string of the molecule is C#CCN(CC#N)C(=O)c1c(C)cc(C)cc1C. The van der Waals surface area contributed by atoms with Gasteiger partial charge in [0, 0.05) is 5.56 Å². The van der Waals surface area contributed by atoms with Crippen molar-refractivity contribution in [2.24, 2.45) is 0 Å². The number of amides is 1. The van der Waals surface area contributed by atoms with Crippen LogP contribution in [0.1, 0.15) is 27.0 Å². The van der Waals surface area contributed by atoms with E-state index in [9.17, 15) is 4.79 Å². The van der Waals surface area contributed by atoms with Gasteiger partial charge in [-0.25, -0.2) is 0 Å². The number of terminal acetylenes is 1. The van der Waals surface area contributed by atoms with Gasteiger partial charge in [-0.2, -0.15) is 5.26 Å². The average Bonchev–Trinajstić information content (AvgIpc) is 2.27. The Morgan fingerprint density at radius 1 is 1.28 bits per heavy atom. The van der Waals surface area contributed by atoms with Crippen LogP contribution in [0.15, 0.2) is 12.1 Å². The number of aryl methyl sites for hydroxylation is 3. The van der Waals surface area contributed by atoms with Gasteiger partial charge in [0.05, 0.1) is 12.6 Å². The standard InChI is InChI=1S/C15H16N2O/c1-5-7-17(8-6-16)15(18)14-12(3)9-11(2)10-13(14)4/h1,9-10H,7-8H2,2-4H3. The Bertz CT molecular complexity index is 508. The van der Waals surface area contributed by atoms with Crippen molar-refractivity contribution in [3.8, 4) is 18.4 Å². The van der Waals surface area contributed by atoms with Crippen molar-refractivity contribution in [2.75, 3.05) is 13.1 Å². The summed E-state index contributed by atoms with van der Waals surface area (Å²) in [6.45, 7) is 5.94. The van der Waals surface area contributed by atoms with E-state index in [1.165, 1.54) is 4.90 Å². The van der Waals surface area contributed by atoms with Crippen molar-refractivity contribution in [3.05, 3.63) is 34.4 Å². The molecule has 0 saturated carbocycles. The van der Waals surface area contributed by atoms with E-state index in [1.54, 1.807) is 0 Å². The lowest BCUT2D eigenvalue weighted by Gasteiger charge is -2.19. The van der Waals surface area contributed by atoms with Crippen molar-refractivity contribution < 1.29 is 4.79 Å². The lowest BCUT2D eigenvalue weighted by molar-refractivity contribution is 0.0794. The third kappa shape index (κ3) is 2.90. The Hall–Kier alpha value is -2.26. The van der Waals surface area contributed by atoms with E-state index in [4.69, 9.17) is 11.7 Å². The van der Waals surface area contributed by atoms with Crippen LogP contribution in [0.2, 0.25) is 0 Å². The first-order valence-electron chi connectivity index (χ1n) is 5.68. The summed E-state index contributed by atoms with van der Waals surface area (Å²) in [4.78, 5) is 13.7. The zero-order valence-corrected chi connectivity index (χ0v) is 10.9. The van der Waals surface area contributed by atoms with E-state index in [-0.39, 0.29) is 19.0 Å². The number of benzene rings is 1. The topological polar surface area (TPSA) is 44.1 Å². The molecule has 1 rings (SSSR count). The molecule has 0 N–H and O–H groups in total. The van der Waals surface area contributed by atoms with E-state index in [2.05, 4.69) is 5.92 Å². The molecule has 0 aliphatic carbocycles. The summed E-state index contributed by atoms with van der Waals surface area (Å²) in [7, 11) is 0. The minimum Gasteiger partial charge on any atom is -0.314 e. The summed E-state index contributed by atoms with van der Waals surface area (Å²) < 4.78 is 0. The van der Waals surface area contributed by atoms with Crippen molar-refractivity contribution in [1.82, 2.24) is 4.90 Å². The van der Waals surface area contributed by atoms with Gasteiger partial charge in [0.25, 0.3) is 5.91 Å². The number of nitrogens with zero attached hydrogens (tertiary/aromatic N) is 2. The van der Waals surface area contributed by atoms with Crippen LogP contribution in [0.25, 0.3) is 0 Å². The molecule has 0 aromatic heterocycles.